The van der Waals surface area contributed by atoms with Crippen molar-refractivity contribution in [2.45, 2.75) is 25.1 Å². The normalized spacial score (nSPS) is 19.2. The summed E-state index contributed by atoms with van der Waals surface area (Å²) in [5, 5.41) is 10.4. The quantitative estimate of drug-likeness (QED) is 0.717. The largest absolute Gasteiger partial charge is 0.481 e. The molecule has 6 nitrogen and oxygen atoms in total. The van der Waals surface area contributed by atoms with E-state index in [2.05, 4.69) is 0 Å². The zero-order valence-corrected chi connectivity index (χ0v) is 11.8. The Hall–Kier alpha value is -1.45. The fourth-order valence-electron chi connectivity index (χ4n) is 1.85. The van der Waals surface area contributed by atoms with Crippen molar-refractivity contribution in [3.8, 4) is 0 Å². The molecule has 1 unspecified atom stereocenters. The number of alkyl halides is 3. The molecule has 0 aromatic heterocycles. The maximum absolute atomic E-state index is 11.9. The third kappa shape index (κ3) is 6.69. The first-order chi connectivity index (χ1) is 9.69. The van der Waals surface area contributed by atoms with Gasteiger partial charge in [0.15, 0.2) is 0 Å². The van der Waals surface area contributed by atoms with E-state index >= 15 is 0 Å². The highest BCUT2D eigenvalue weighted by molar-refractivity contribution is 7.99. The Labute approximate surface area is 123 Å². The average Bonchev–Trinajstić information content (AvgIpc) is 2.35. The molecule has 1 saturated heterocycles. The number of hydrogen-bond donors (Lipinski definition) is 2. The van der Waals surface area contributed by atoms with Crippen LogP contribution in [0.5, 0.6) is 0 Å². The second kappa shape index (κ2) is 7.53. The van der Waals surface area contributed by atoms with Crippen LogP contribution < -0.4 is 5.32 Å². The van der Waals surface area contributed by atoms with Gasteiger partial charge in [-0.3, -0.25) is 14.4 Å². The SMILES string of the molecule is O=C(O)CC1CSCCN1C(=O)CC(=O)NCC(F)(F)F. The minimum atomic E-state index is -4.54. The first-order valence-electron chi connectivity index (χ1n) is 6.11. The maximum Gasteiger partial charge on any atom is 0.405 e. The van der Waals surface area contributed by atoms with Gasteiger partial charge in [0.25, 0.3) is 0 Å². The zero-order valence-electron chi connectivity index (χ0n) is 11.0. The van der Waals surface area contributed by atoms with Gasteiger partial charge in [-0.2, -0.15) is 24.9 Å². The van der Waals surface area contributed by atoms with Gasteiger partial charge in [-0.1, -0.05) is 0 Å². The van der Waals surface area contributed by atoms with Gasteiger partial charge in [-0.05, 0) is 0 Å². The summed E-state index contributed by atoms with van der Waals surface area (Å²) in [6.45, 7) is -1.21. The fourth-order valence-corrected chi connectivity index (χ4v) is 2.92. The van der Waals surface area contributed by atoms with Crippen molar-refractivity contribution in [3.05, 3.63) is 0 Å². The molecule has 21 heavy (non-hydrogen) atoms. The molecule has 10 heteroatoms. The van der Waals surface area contributed by atoms with Crippen LogP contribution in [0, 0.1) is 0 Å². The zero-order chi connectivity index (χ0) is 16.0. The fraction of sp³-hybridized carbons (Fsp3) is 0.727. The first kappa shape index (κ1) is 17.6. The van der Waals surface area contributed by atoms with E-state index in [-0.39, 0.29) is 13.0 Å². The molecule has 0 aromatic rings. The number of thioether (sulfide) groups is 1. The average molecular weight is 328 g/mol. The molecule has 1 heterocycles. The summed E-state index contributed by atoms with van der Waals surface area (Å²) in [7, 11) is 0. The van der Waals surface area contributed by atoms with E-state index in [4.69, 9.17) is 5.11 Å². The van der Waals surface area contributed by atoms with Gasteiger partial charge in [0, 0.05) is 18.1 Å². The lowest BCUT2D eigenvalue weighted by Crippen LogP contribution is -2.48. The van der Waals surface area contributed by atoms with Crippen LogP contribution in [-0.2, 0) is 14.4 Å². The number of carbonyl (C=O) groups excluding carboxylic acids is 2. The molecule has 1 rings (SSSR count). The molecule has 2 N–H and O–H groups in total. The smallest absolute Gasteiger partial charge is 0.405 e. The predicted molar refractivity (Wildman–Crippen MR) is 68.8 cm³/mol. The predicted octanol–water partition coefficient (Wildman–Crippen LogP) is 0.474. The molecule has 2 amide bonds. The van der Waals surface area contributed by atoms with Gasteiger partial charge in [0.1, 0.15) is 13.0 Å². The number of amides is 2. The molecule has 0 aromatic carbocycles. The van der Waals surface area contributed by atoms with Gasteiger partial charge >= 0.3 is 12.1 Å². The van der Waals surface area contributed by atoms with Gasteiger partial charge < -0.3 is 15.3 Å². The monoisotopic (exact) mass is 328 g/mol. The number of nitrogens with zero attached hydrogens (tertiary/aromatic N) is 1. The summed E-state index contributed by atoms with van der Waals surface area (Å²) in [4.78, 5) is 35.2. The second-order valence-electron chi connectivity index (χ2n) is 4.48. The molecule has 1 aliphatic heterocycles. The van der Waals surface area contributed by atoms with Crippen LogP contribution in [0.25, 0.3) is 0 Å². The summed E-state index contributed by atoms with van der Waals surface area (Å²) in [5.74, 6) is -1.71. The Morgan fingerprint density at radius 3 is 2.57 bits per heavy atom. The van der Waals surface area contributed by atoms with Crippen LogP contribution >= 0.6 is 11.8 Å². The number of rotatable bonds is 5. The number of carboxylic acids is 1. The Kier molecular flexibility index (Phi) is 6.31. The number of carbonyl (C=O) groups is 3. The van der Waals surface area contributed by atoms with Crippen LogP contribution in [0.4, 0.5) is 13.2 Å². The van der Waals surface area contributed by atoms with Crippen LogP contribution in [-0.4, -0.2) is 64.6 Å². The van der Waals surface area contributed by atoms with Gasteiger partial charge in [-0.15, -0.1) is 0 Å². The third-order valence-electron chi connectivity index (χ3n) is 2.76. The molecule has 0 aliphatic carbocycles. The molecular weight excluding hydrogens is 313 g/mol. The lowest BCUT2D eigenvalue weighted by atomic mass is 10.1. The molecule has 1 fully saturated rings. The van der Waals surface area contributed by atoms with Crippen LogP contribution in [0.2, 0.25) is 0 Å². The van der Waals surface area contributed by atoms with Gasteiger partial charge in [0.05, 0.1) is 12.5 Å². The third-order valence-corrected chi connectivity index (χ3v) is 3.85. The van der Waals surface area contributed by atoms with Crippen LogP contribution in [0.15, 0.2) is 0 Å². The highest BCUT2D eigenvalue weighted by atomic mass is 32.2. The van der Waals surface area contributed by atoms with E-state index in [0.29, 0.717) is 11.5 Å². The number of nitrogens with one attached hydrogen (secondary N) is 1. The summed E-state index contributed by atoms with van der Waals surface area (Å²) in [6.07, 6.45) is -5.49. The summed E-state index contributed by atoms with van der Waals surface area (Å²) in [5.41, 5.74) is 0. The van der Waals surface area contributed by atoms with E-state index in [1.807, 2.05) is 0 Å². The van der Waals surface area contributed by atoms with Crippen molar-refractivity contribution in [3.63, 3.8) is 0 Å². The molecule has 0 bridgehead atoms. The van der Waals surface area contributed by atoms with E-state index in [1.54, 1.807) is 5.32 Å². The highest BCUT2D eigenvalue weighted by Gasteiger charge is 2.31. The van der Waals surface area contributed by atoms with Gasteiger partial charge in [0.2, 0.25) is 11.8 Å². The Bertz CT molecular complexity index is 417. The summed E-state index contributed by atoms with van der Waals surface area (Å²) in [6, 6.07) is -0.538. The number of halogens is 3. The highest BCUT2D eigenvalue weighted by Crippen LogP contribution is 2.20. The molecular formula is C11H15F3N2O4S. The summed E-state index contributed by atoms with van der Waals surface area (Å²) >= 11 is 1.49. The van der Waals surface area contributed by atoms with Crippen LogP contribution in [0.3, 0.4) is 0 Å². The lowest BCUT2D eigenvalue weighted by Gasteiger charge is -2.34. The molecule has 1 atom stereocenters. The molecule has 0 saturated carbocycles. The standard InChI is InChI=1S/C11H15F3N2O4S/c12-11(13,14)6-15-8(17)4-9(18)16-1-2-21-5-7(16)3-10(19)20/h7H,1-6H2,(H,15,17)(H,19,20). The topological polar surface area (TPSA) is 86.7 Å². The second-order valence-corrected chi connectivity index (χ2v) is 5.63. The molecule has 1 aliphatic rings. The van der Waals surface area contributed by atoms with Crippen molar-refractivity contribution in [2.24, 2.45) is 0 Å². The van der Waals surface area contributed by atoms with Crippen molar-refractivity contribution in [1.82, 2.24) is 10.2 Å². The Morgan fingerprint density at radius 2 is 2.00 bits per heavy atom. The van der Waals surface area contributed by atoms with Crippen molar-refractivity contribution >= 4 is 29.5 Å². The maximum atomic E-state index is 11.9. The first-order valence-corrected chi connectivity index (χ1v) is 7.27. The minimum Gasteiger partial charge on any atom is -0.481 e. The summed E-state index contributed by atoms with van der Waals surface area (Å²) < 4.78 is 35.8. The molecule has 0 radical (unpaired) electrons. The van der Waals surface area contributed by atoms with Crippen molar-refractivity contribution < 1.29 is 32.7 Å². The Morgan fingerprint density at radius 1 is 1.33 bits per heavy atom. The van der Waals surface area contributed by atoms with Gasteiger partial charge in [-0.25, -0.2) is 0 Å². The van der Waals surface area contributed by atoms with Crippen molar-refractivity contribution in [2.75, 3.05) is 24.6 Å². The number of aliphatic carboxylic acids is 1. The van der Waals surface area contributed by atoms with E-state index in [0.717, 1.165) is 0 Å². The lowest BCUT2D eigenvalue weighted by molar-refractivity contribution is -0.145. The van der Waals surface area contributed by atoms with E-state index in [9.17, 15) is 27.6 Å². The number of carboxylic acid groups (broad SMARTS) is 1. The number of hydrogen-bond acceptors (Lipinski definition) is 4. The van der Waals surface area contributed by atoms with E-state index < -0.39 is 43.0 Å². The van der Waals surface area contributed by atoms with Crippen molar-refractivity contribution in [1.29, 1.82) is 0 Å². The molecule has 0 spiro atoms. The molecule has 120 valence electrons. The minimum absolute atomic E-state index is 0.247. The Balaban J connectivity index is 2.51. The van der Waals surface area contributed by atoms with Crippen LogP contribution in [0.1, 0.15) is 12.8 Å². The van der Waals surface area contributed by atoms with E-state index in [1.165, 1.54) is 16.7 Å².